The number of nitrogens with zero attached hydrogens (tertiary/aromatic N) is 3. The summed E-state index contributed by atoms with van der Waals surface area (Å²) in [6.45, 7) is 9.12. The molecule has 0 unspecified atom stereocenters. The summed E-state index contributed by atoms with van der Waals surface area (Å²) in [5, 5.41) is 10.3. The molecule has 2 N–H and O–H groups in total. The van der Waals surface area contributed by atoms with Crippen LogP contribution in [0.2, 0.25) is 0 Å². The smallest absolute Gasteiger partial charge is 0.314 e. The first-order chi connectivity index (χ1) is 12.6. The third-order valence-electron chi connectivity index (χ3n) is 4.86. The molecule has 6 heteroatoms. The lowest BCUT2D eigenvalue weighted by molar-refractivity contribution is 0.230. The van der Waals surface area contributed by atoms with Crippen LogP contribution in [0.15, 0.2) is 30.3 Å². The zero-order valence-electron chi connectivity index (χ0n) is 15.8. The molecule has 2 heterocycles. The Morgan fingerprint density at radius 1 is 1.12 bits per heavy atom. The molecule has 2 amide bonds. The Hall–Kier alpha value is -2.34. The quantitative estimate of drug-likeness (QED) is 0.749. The normalized spacial score (nSPS) is 14.1. The molecule has 0 saturated heterocycles. The molecule has 0 fully saturated rings. The van der Waals surface area contributed by atoms with E-state index in [1.54, 1.807) is 0 Å². The Morgan fingerprint density at radius 3 is 2.65 bits per heavy atom. The Balaban J connectivity index is 1.28. The molecule has 1 aromatic heterocycles. The van der Waals surface area contributed by atoms with Crippen LogP contribution in [-0.4, -0.2) is 46.9 Å². The summed E-state index contributed by atoms with van der Waals surface area (Å²) in [5.41, 5.74) is 5.06. The molecule has 1 aromatic carbocycles. The van der Waals surface area contributed by atoms with Crippen molar-refractivity contribution in [3.63, 3.8) is 0 Å². The third-order valence-corrected chi connectivity index (χ3v) is 4.86. The number of fused-ring (bicyclic) bond motifs is 1. The lowest BCUT2D eigenvalue weighted by atomic mass is 10.00. The highest BCUT2D eigenvalue weighted by molar-refractivity contribution is 5.73. The largest absolute Gasteiger partial charge is 0.338 e. The van der Waals surface area contributed by atoms with Crippen LogP contribution in [0, 0.1) is 13.8 Å². The number of amides is 2. The van der Waals surface area contributed by atoms with E-state index in [2.05, 4.69) is 57.9 Å². The number of hydrogen-bond donors (Lipinski definition) is 2. The maximum atomic E-state index is 11.9. The number of carbonyl (C=O) groups is 1. The molecule has 0 bridgehead atoms. The zero-order valence-corrected chi connectivity index (χ0v) is 15.8. The van der Waals surface area contributed by atoms with E-state index in [-0.39, 0.29) is 6.03 Å². The molecular weight excluding hydrogens is 326 g/mol. The Bertz CT molecular complexity index is 740. The Kier molecular flexibility index (Phi) is 6.28. The fourth-order valence-electron chi connectivity index (χ4n) is 3.47. The van der Waals surface area contributed by atoms with Crippen LogP contribution < -0.4 is 10.6 Å². The number of urea groups is 1. The van der Waals surface area contributed by atoms with Gasteiger partial charge in [0.15, 0.2) is 0 Å². The lowest BCUT2D eigenvalue weighted by Gasteiger charge is -2.28. The van der Waals surface area contributed by atoms with E-state index in [4.69, 9.17) is 0 Å². The van der Waals surface area contributed by atoms with Crippen molar-refractivity contribution in [2.75, 3.05) is 26.2 Å². The van der Waals surface area contributed by atoms with Gasteiger partial charge in [-0.3, -0.25) is 9.58 Å². The molecule has 0 saturated carbocycles. The van der Waals surface area contributed by atoms with Gasteiger partial charge >= 0.3 is 6.03 Å². The monoisotopic (exact) mass is 355 g/mol. The van der Waals surface area contributed by atoms with Crippen molar-refractivity contribution in [3.05, 3.63) is 52.8 Å². The fourth-order valence-corrected chi connectivity index (χ4v) is 3.47. The summed E-state index contributed by atoms with van der Waals surface area (Å²) in [6, 6.07) is 10.6. The average molecular weight is 355 g/mol. The lowest BCUT2D eigenvalue weighted by Crippen LogP contribution is -2.42. The molecule has 0 aliphatic carbocycles. The van der Waals surface area contributed by atoms with Crippen molar-refractivity contribution in [3.8, 4) is 0 Å². The van der Waals surface area contributed by atoms with Crippen molar-refractivity contribution in [1.29, 1.82) is 0 Å². The first-order valence-corrected chi connectivity index (χ1v) is 9.44. The number of benzene rings is 1. The van der Waals surface area contributed by atoms with Crippen LogP contribution in [0.25, 0.3) is 0 Å². The highest BCUT2D eigenvalue weighted by Crippen LogP contribution is 2.17. The van der Waals surface area contributed by atoms with Gasteiger partial charge < -0.3 is 10.6 Å². The molecular formula is C20H29N5O. The van der Waals surface area contributed by atoms with Gasteiger partial charge in [0.25, 0.3) is 0 Å². The first kappa shape index (κ1) is 18.5. The molecule has 140 valence electrons. The van der Waals surface area contributed by atoms with Crippen LogP contribution >= 0.6 is 0 Å². The van der Waals surface area contributed by atoms with Crippen LogP contribution in [-0.2, 0) is 19.5 Å². The van der Waals surface area contributed by atoms with Crippen LogP contribution in [0.1, 0.15) is 28.9 Å². The second-order valence-electron chi connectivity index (χ2n) is 6.98. The van der Waals surface area contributed by atoms with Crippen molar-refractivity contribution in [2.24, 2.45) is 0 Å². The maximum absolute atomic E-state index is 11.9. The van der Waals surface area contributed by atoms with E-state index in [1.807, 2.05) is 11.6 Å². The van der Waals surface area contributed by atoms with Crippen LogP contribution in [0.3, 0.4) is 0 Å². The topological polar surface area (TPSA) is 62.2 Å². The number of carbonyl (C=O) groups excluding carboxylic acids is 1. The number of nitrogens with one attached hydrogen (secondary N) is 2. The van der Waals surface area contributed by atoms with E-state index >= 15 is 0 Å². The summed E-state index contributed by atoms with van der Waals surface area (Å²) >= 11 is 0. The number of aryl methyl sites for hydroxylation is 3. The highest BCUT2D eigenvalue weighted by atomic mass is 16.2. The molecule has 2 aromatic rings. The molecule has 3 rings (SSSR count). The summed E-state index contributed by atoms with van der Waals surface area (Å²) in [7, 11) is 0. The van der Waals surface area contributed by atoms with Crippen molar-refractivity contribution in [2.45, 2.75) is 39.8 Å². The Labute approximate surface area is 155 Å². The number of hydrogen-bond acceptors (Lipinski definition) is 3. The summed E-state index contributed by atoms with van der Waals surface area (Å²) in [6.07, 6.45) is 1.97. The van der Waals surface area contributed by atoms with E-state index in [0.29, 0.717) is 13.1 Å². The van der Waals surface area contributed by atoms with Gasteiger partial charge in [-0.25, -0.2) is 4.79 Å². The van der Waals surface area contributed by atoms with Gasteiger partial charge in [0.05, 0.1) is 5.69 Å². The summed E-state index contributed by atoms with van der Waals surface area (Å²) in [5.74, 6) is 0. The summed E-state index contributed by atoms with van der Waals surface area (Å²) in [4.78, 5) is 14.3. The molecule has 0 spiro atoms. The predicted octanol–water partition coefficient (Wildman–Crippen LogP) is 2.25. The van der Waals surface area contributed by atoms with Gasteiger partial charge in [-0.1, -0.05) is 24.3 Å². The minimum atomic E-state index is -0.0872. The van der Waals surface area contributed by atoms with E-state index < -0.39 is 0 Å². The first-order valence-electron chi connectivity index (χ1n) is 9.44. The SMILES string of the molecule is Cc1cc(C)n(CCCNC(=O)NCCN2CCc3ccccc3C2)n1. The standard InChI is InChI=1S/C20H29N5O/c1-16-14-17(2)25(23-16)11-5-9-21-20(26)22-10-13-24-12-8-18-6-3-4-7-19(18)15-24/h3-4,6-7,14H,5,8-13,15H2,1-2H3,(H2,21,22,26). The van der Waals surface area contributed by atoms with Crippen molar-refractivity contribution >= 4 is 6.03 Å². The molecule has 1 aliphatic rings. The zero-order chi connectivity index (χ0) is 18.4. The van der Waals surface area contributed by atoms with Crippen molar-refractivity contribution in [1.82, 2.24) is 25.3 Å². The minimum Gasteiger partial charge on any atom is -0.338 e. The Morgan fingerprint density at radius 2 is 1.88 bits per heavy atom. The van der Waals surface area contributed by atoms with Crippen molar-refractivity contribution < 1.29 is 4.79 Å². The van der Waals surface area contributed by atoms with E-state index in [1.165, 1.54) is 11.1 Å². The predicted molar refractivity (Wildman–Crippen MR) is 103 cm³/mol. The molecule has 1 aliphatic heterocycles. The molecule has 0 radical (unpaired) electrons. The number of rotatable bonds is 7. The number of aromatic nitrogens is 2. The van der Waals surface area contributed by atoms with Gasteiger partial charge in [-0.2, -0.15) is 5.10 Å². The molecule has 6 nitrogen and oxygen atoms in total. The third kappa shape index (κ3) is 5.08. The van der Waals surface area contributed by atoms with E-state index in [9.17, 15) is 4.79 Å². The van der Waals surface area contributed by atoms with Gasteiger partial charge in [0, 0.05) is 45.0 Å². The summed E-state index contributed by atoms with van der Waals surface area (Å²) < 4.78 is 1.99. The average Bonchev–Trinajstić information content (AvgIpc) is 2.96. The van der Waals surface area contributed by atoms with Gasteiger partial charge in [0.2, 0.25) is 0 Å². The van der Waals surface area contributed by atoms with Gasteiger partial charge in [-0.05, 0) is 43.9 Å². The second kappa shape index (κ2) is 8.85. The maximum Gasteiger partial charge on any atom is 0.314 e. The molecule has 26 heavy (non-hydrogen) atoms. The minimum absolute atomic E-state index is 0.0872. The van der Waals surface area contributed by atoms with Gasteiger partial charge in [-0.15, -0.1) is 0 Å². The van der Waals surface area contributed by atoms with Crippen LogP contribution in [0.5, 0.6) is 0 Å². The molecule has 0 atom stereocenters. The van der Waals surface area contributed by atoms with Gasteiger partial charge in [0.1, 0.15) is 0 Å². The highest BCUT2D eigenvalue weighted by Gasteiger charge is 2.15. The van der Waals surface area contributed by atoms with Crippen LogP contribution in [0.4, 0.5) is 4.79 Å². The second-order valence-corrected chi connectivity index (χ2v) is 6.98. The van der Waals surface area contributed by atoms with E-state index in [0.717, 1.165) is 50.4 Å². The fraction of sp³-hybridized carbons (Fsp3) is 0.500.